The molecule has 2 amide bonds. The third-order valence-electron chi connectivity index (χ3n) is 4.45. The number of carbonyl (C=O) groups excluding carboxylic acids is 2. The monoisotopic (exact) mass is 383 g/mol. The summed E-state index contributed by atoms with van der Waals surface area (Å²) in [6, 6.07) is 14.2. The van der Waals surface area contributed by atoms with Crippen LogP contribution in [0.2, 0.25) is 0 Å². The second-order valence-corrected chi connectivity index (χ2v) is 6.56. The van der Waals surface area contributed by atoms with Crippen molar-refractivity contribution in [2.75, 3.05) is 37.4 Å². The molecule has 148 valence electrons. The van der Waals surface area contributed by atoms with Gasteiger partial charge in [-0.15, -0.1) is 0 Å². The molecular formula is C21H25N3O4. The standard InChI is InChI=1S/C21H25N3O4/c1-27-18-8-3-7-17(12-18)24-20(25)14-22-16-6-2-5-15(11-16)21(26)23-13-19-9-4-10-28-19/h2-3,5-8,11-12,19,22H,4,9-10,13-14H2,1H3,(H,23,26)(H,24,25). The van der Waals surface area contributed by atoms with Crippen LogP contribution in [0.15, 0.2) is 48.5 Å². The van der Waals surface area contributed by atoms with Gasteiger partial charge in [-0.05, 0) is 43.2 Å². The molecule has 0 aromatic heterocycles. The highest BCUT2D eigenvalue weighted by Gasteiger charge is 2.16. The maximum absolute atomic E-state index is 12.3. The van der Waals surface area contributed by atoms with E-state index < -0.39 is 0 Å². The largest absolute Gasteiger partial charge is 0.497 e. The topological polar surface area (TPSA) is 88.7 Å². The lowest BCUT2D eigenvalue weighted by Gasteiger charge is -2.12. The summed E-state index contributed by atoms with van der Waals surface area (Å²) < 4.78 is 10.7. The van der Waals surface area contributed by atoms with E-state index in [1.165, 1.54) is 0 Å². The normalized spacial score (nSPS) is 15.7. The molecule has 1 fully saturated rings. The van der Waals surface area contributed by atoms with E-state index in [2.05, 4.69) is 16.0 Å². The van der Waals surface area contributed by atoms with Gasteiger partial charge in [-0.25, -0.2) is 0 Å². The van der Waals surface area contributed by atoms with Crippen molar-refractivity contribution in [1.29, 1.82) is 0 Å². The SMILES string of the molecule is COc1cccc(NC(=O)CNc2cccc(C(=O)NCC3CCCO3)c2)c1. The van der Waals surface area contributed by atoms with Crippen molar-refractivity contribution < 1.29 is 19.1 Å². The Hall–Kier alpha value is -3.06. The lowest BCUT2D eigenvalue weighted by molar-refractivity contribution is -0.114. The Bertz CT molecular complexity index is 819. The summed E-state index contributed by atoms with van der Waals surface area (Å²) in [4.78, 5) is 24.5. The molecule has 1 aliphatic heterocycles. The minimum Gasteiger partial charge on any atom is -0.497 e. The van der Waals surface area contributed by atoms with Crippen molar-refractivity contribution in [2.45, 2.75) is 18.9 Å². The molecule has 0 bridgehead atoms. The number of rotatable bonds is 8. The molecule has 0 radical (unpaired) electrons. The smallest absolute Gasteiger partial charge is 0.251 e. The first-order chi connectivity index (χ1) is 13.6. The summed E-state index contributed by atoms with van der Waals surface area (Å²) in [5.74, 6) is 0.328. The van der Waals surface area contributed by atoms with Crippen LogP contribution in [-0.4, -0.2) is 44.7 Å². The molecule has 1 saturated heterocycles. The maximum atomic E-state index is 12.3. The van der Waals surface area contributed by atoms with Gasteiger partial charge in [0, 0.05) is 36.2 Å². The molecule has 1 aliphatic rings. The molecule has 2 aromatic rings. The van der Waals surface area contributed by atoms with E-state index in [1.807, 2.05) is 12.1 Å². The van der Waals surface area contributed by atoms with Gasteiger partial charge in [-0.2, -0.15) is 0 Å². The molecule has 0 saturated carbocycles. The van der Waals surface area contributed by atoms with Gasteiger partial charge in [0.1, 0.15) is 5.75 Å². The van der Waals surface area contributed by atoms with Crippen molar-refractivity contribution in [3.05, 3.63) is 54.1 Å². The van der Waals surface area contributed by atoms with Crippen molar-refractivity contribution in [1.82, 2.24) is 5.32 Å². The molecule has 7 heteroatoms. The Balaban J connectivity index is 1.49. The van der Waals surface area contributed by atoms with Crippen LogP contribution in [0, 0.1) is 0 Å². The van der Waals surface area contributed by atoms with Crippen LogP contribution in [0.3, 0.4) is 0 Å². The predicted molar refractivity (Wildman–Crippen MR) is 108 cm³/mol. The summed E-state index contributed by atoms with van der Waals surface area (Å²) in [6.07, 6.45) is 2.12. The number of carbonyl (C=O) groups is 2. The number of benzene rings is 2. The van der Waals surface area contributed by atoms with Gasteiger partial charge in [-0.1, -0.05) is 12.1 Å². The fourth-order valence-corrected chi connectivity index (χ4v) is 2.97. The fourth-order valence-electron chi connectivity index (χ4n) is 2.97. The molecular weight excluding hydrogens is 358 g/mol. The first-order valence-corrected chi connectivity index (χ1v) is 9.31. The van der Waals surface area contributed by atoms with E-state index in [0.717, 1.165) is 19.4 Å². The highest BCUT2D eigenvalue weighted by Crippen LogP contribution is 2.17. The Kier molecular flexibility index (Phi) is 6.86. The molecule has 1 heterocycles. The molecule has 0 spiro atoms. The van der Waals surface area contributed by atoms with Gasteiger partial charge in [0.05, 0.1) is 19.8 Å². The van der Waals surface area contributed by atoms with Gasteiger partial charge >= 0.3 is 0 Å². The van der Waals surface area contributed by atoms with Crippen molar-refractivity contribution >= 4 is 23.2 Å². The molecule has 28 heavy (non-hydrogen) atoms. The summed E-state index contributed by atoms with van der Waals surface area (Å²) in [6.45, 7) is 1.36. The molecule has 1 unspecified atom stereocenters. The number of hydrogen-bond acceptors (Lipinski definition) is 5. The van der Waals surface area contributed by atoms with Crippen LogP contribution in [0.25, 0.3) is 0 Å². The van der Waals surface area contributed by atoms with Crippen LogP contribution in [0.1, 0.15) is 23.2 Å². The van der Waals surface area contributed by atoms with Crippen LogP contribution >= 0.6 is 0 Å². The molecule has 7 nitrogen and oxygen atoms in total. The molecule has 3 N–H and O–H groups in total. The molecule has 3 rings (SSSR count). The van der Waals surface area contributed by atoms with Crippen molar-refractivity contribution in [2.24, 2.45) is 0 Å². The molecule has 2 aromatic carbocycles. The molecule has 1 atom stereocenters. The first-order valence-electron chi connectivity index (χ1n) is 9.31. The van der Waals surface area contributed by atoms with Crippen LogP contribution < -0.4 is 20.7 Å². The minimum absolute atomic E-state index is 0.0815. The number of amides is 2. The number of anilines is 2. The summed E-state index contributed by atoms with van der Waals surface area (Å²) in [7, 11) is 1.58. The Labute approximate surface area is 164 Å². The van der Waals surface area contributed by atoms with E-state index in [0.29, 0.717) is 29.2 Å². The Morgan fingerprint density at radius 2 is 1.96 bits per heavy atom. The van der Waals surface area contributed by atoms with E-state index in [-0.39, 0.29) is 24.5 Å². The zero-order valence-corrected chi connectivity index (χ0v) is 15.9. The predicted octanol–water partition coefficient (Wildman–Crippen LogP) is 2.65. The second-order valence-electron chi connectivity index (χ2n) is 6.56. The first kappa shape index (κ1) is 19.7. The van der Waals surface area contributed by atoms with Crippen LogP contribution in [0.5, 0.6) is 5.75 Å². The van der Waals surface area contributed by atoms with E-state index in [4.69, 9.17) is 9.47 Å². The van der Waals surface area contributed by atoms with Gasteiger partial charge in [0.15, 0.2) is 0 Å². The Morgan fingerprint density at radius 3 is 2.75 bits per heavy atom. The van der Waals surface area contributed by atoms with Crippen LogP contribution in [0.4, 0.5) is 11.4 Å². The summed E-state index contributed by atoms with van der Waals surface area (Å²) >= 11 is 0. The quantitative estimate of drug-likeness (QED) is 0.652. The number of hydrogen-bond donors (Lipinski definition) is 3. The number of methoxy groups -OCH3 is 1. The zero-order chi connectivity index (χ0) is 19.8. The van der Waals surface area contributed by atoms with Gasteiger partial charge < -0.3 is 25.4 Å². The average Bonchev–Trinajstić information content (AvgIpc) is 3.24. The third-order valence-corrected chi connectivity index (χ3v) is 4.45. The molecule has 0 aliphatic carbocycles. The van der Waals surface area contributed by atoms with E-state index >= 15 is 0 Å². The lowest BCUT2D eigenvalue weighted by Crippen LogP contribution is -2.31. The van der Waals surface area contributed by atoms with Crippen molar-refractivity contribution in [3.8, 4) is 5.75 Å². The van der Waals surface area contributed by atoms with Crippen molar-refractivity contribution in [3.63, 3.8) is 0 Å². The Morgan fingerprint density at radius 1 is 1.14 bits per heavy atom. The van der Waals surface area contributed by atoms with Crippen LogP contribution in [-0.2, 0) is 9.53 Å². The van der Waals surface area contributed by atoms with E-state index in [9.17, 15) is 9.59 Å². The average molecular weight is 383 g/mol. The van der Waals surface area contributed by atoms with Gasteiger partial charge in [-0.3, -0.25) is 9.59 Å². The highest BCUT2D eigenvalue weighted by molar-refractivity contribution is 5.96. The number of ether oxygens (including phenoxy) is 2. The zero-order valence-electron chi connectivity index (χ0n) is 15.9. The fraction of sp³-hybridized carbons (Fsp3) is 0.333. The highest BCUT2D eigenvalue weighted by atomic mass is 16.5. The number of nitrogens with one attached hydrogen (secondary N) is 3. The minimum atomic E-state index is -0.193. The summed E-state index contributed by atoms with van der Waals surface area (Å²) in [5.41, 5.74) is 1.90. The van der Waals surface area contributed by atoms with Gasteiger partial charge in [0.25, 0.3) is 5.91 Å². The lowest BCUT2D eigenvalue weighted by atomic mass is 10.1. The van der Waals surface area contributed by atoms with Gasteiger partial charge in [0.2, 0.25) is 5.91 Å². The summed E-state index contributed by atoms with van der Waals surface area (Å²) in [5, 5.41) is 8.73. The second kappa shape index (κ2) is 9.75. The van der Waals surface area contributed by atoms with E-state index in [1.54, 1.807) is 43.5 Å². The third kappa shape index (κ3) is 5.72. The maximum Gasteiger partial charge on any atom is 0.251 e.